The van der Waals surface area contributed by atoms with Gasteiger partial charge in [-0.05, 0) is 0 Å². The van der Waals surface area contributed by atoms with Crippen molar-refractivity contribution in [2.24, 2.45) is 0 Å². The van der Waals surface area contributed by atoms with Gasteiger partial charge in [-0.2, -0.15) is 0 Å². The molecule has 3 nitrogen and oxygen atoms in total. The van der Waals surface area contributed by atoms with Crippen molar-refractivity contribution in [3.63, 3.8) is 0 Å². The van der Waals surface area contributed by atoms with Crippen LogP contribution in [-0.2, 0) is 10.0 Å². The molecule has 7 heteroatoms. The van der Waals surface area contributed by atoms with Gasteiger partial charge >= 0.3 is 108 Å². The van der Waals surface area contributed by atoms with Gasteiger partial charge in [0.2, 0.25) is 0 Å². The van der Waals surface area contributed by atoms with E-state index in [9.17, 15) is 12.8 Å². The molecular weight excluding hydrogens is 316 g/mol. The van der Waals surface area contributed by atoms with E-state index in [-0.39, 0.29) is 11.4 Å². The summed E-state index contributed by atoms with van der Waals surface area (Å²) in [5.74, 6) is -0.633. The summed E-state index contributed by atoms with van der Waals surface area (Å²) in [6.45, 7) is 1.74. The van der Waals surface area contributed by atoms with Crippen LogP contribution in [0.4, 0.5) is 10.1 Å². The summed E-state index contributed by atoms with van der Waals surface area (Å²) in [7, 11) is -3.46. The first kappa shape index (κ1) is 13.8. The zero-order valence-corrected chi connectivity index (χ0v) is 12.6. The molecule has 1 atom stereocenters. The van der Waals surface area contributed by atoms with Gasteiger partial charge in [-0.3, -0.25) is 0 Å². The average molecular weight is 328 g/mol. The van der Waals surface area contributed by atoms with Crippen LogP contribution >= 0.6 is 11.6 Å². The first-order valence-corrected chi connectivity index (χ1v) is 7.85. The van der Waals surface area contributed by atoms with Crippen molar-refractivity contribution in [2.75, 3.05) is 10.5 Å². The molecule has 0 bridgehead atoms. The van der Waals surface area contributed by atoms with Crippen molar-refractivity contribution in [1.82, 2.24) is 0 Å². The molecule has 0 aliphatic rings. The fourth-order valence-electron chi connectivity index (χ4n) is 1.14. The zero-order chi connectivity index (χ0) is 12.3. The predicted octanol–water partition coefficient (Wildman–Crippen LogP) is 0.889. The van der Waals surface area contributed by atoms with E-state index in [4.69, 9.17) is 11.6 Å². The molecule has 0 saturated heterocycles. The van der Waals surface area contributed by atoms with Crippen LogP contribution in [0.15, 0.2) is 12.1 Å². The van der Waals surface area contributed by atoms with Crippen LogP contribution in [0.2, 0.25) is 5.02 Å². The second kappa shape index (κ2) is 5.39. The molecule has 1 N–H and O–H groups in total. The summed E-state index contributed by atoms with van der Waals surface area (Å²) in [5.41, 5.74) is -0.0442. The number of sulfonamides is 1. The minimum absolute atomic E-state index is 0.0285. The maximum absolute atomic E-state index is 13.6. The fourth-order valence-corrected chi connectivity index (χ4v) is 2.94. The van der Waals surface area contributed by atoms with Crippen LogP contribution in [0.1, 0.15) is 13.3 Å². The molecule has 1 unspecified atom stereocenters. The second-order valence-electron chi connectivity index (χ2n) is 3.24. The van der Waals surface area contributed by atoms with Crippen molar-refractivity contribution in [2.45, 2.75) is 13.3 Å². The Kier molecular flexibility index (Phi) is 4.65. The monoisotopic (exact) mass is 327 g/mol. The molecule has 0 heterocycles. The van der Waals surface area contributed by atoms with E-state index in [1.54, 1.807) is 6.92 Å². The van der Waals surface area contributed by atoms with E-state index in [0.717, 1.165) is 16.9 Å². The summed E-state index contributed by atoms with van der Waals surface area (Å²) in [6.07, 6.45) is 0.480. The molecule has 1 rings (SSSR count). The number of benzene rings is 1. The molecule has 0 saturated carbocycles. The summed E-state index contributed by atoms with van der Waals surface area (Å²) >= 11 is 6.73. The number of rotatable bonds is 4. The summed E-state index contributed by atoms with van der Waals surface area (Å²) in [4.78, 5) is 0. The van der Waals surface area contributed by atoms with E-state index in [0.29, 0.717) is 15.8 Å². The number of anilines is 1. The quantitative estimate of drug-likeness (QED) is 0.835. The first-order valence-electron chi connectivity index (χ1n) is 4.61. The second-order valence-corrected chi connectivity index (χ2v) is 6.70. The van der Waals surface area contributed by atoms with Gasteiger partial charge in [-0.25, -0.2) is 0 Å². The molecule has 0 fully saturated rings. The molecule has 0 radical (unpaired) electrons. The Morgan fingerprint density at radius 3 is 2.69 bits per heavy atom. The Morgan fingerprint density at radius 1 is 1.50 bits per heavy atom. The van der Waals surface area contributed by atoms with Gasteiger partial charge in [0.15, 0.2) is 0 Å². The van der Waals surface area contributed by atoms with Crippen LogP contribution in [0.25, 0.3) is 0 Å². The Labute approximate surface area is 108 Å². The van der Waals surface area contributed by atoms with Gasteiger partial charge in [-0.1, -0.05) is 0 Å². The Morgan fingerprint density at radius 2 is 2.12 bits per heavy atom. The number of nitrogens with one attached hydrogen (secondary N) is 1. The van der Waals surface area contributed by atoms with E-state index >= 15 is 0 Å². The number of halogens is 2. The number of hydrogen-bond donors (Lipinski definition) is 1. The van der Waals surface area contributed by atoms with Gasteiger partial charge in [-0.15, -0.1) is 0 Å². The molecule has 16 heavy (non-hydrogen) atoms. The summed E-state index contributed by atoms with van der Waals surface area (Å²) in [5, 5.41) is 0.302. The van der Waals surface area contributed by atoms with Crippen LogP contribution in [0.5, 0.6) is 0 Å². The number of hydrogen-bond acceptors (Lipinski definition) is 2. The van der Waals surface area contributed by atoms with Crippen molar-refractivity contribution in [3.8, 4) is 0 Å². The van der Waals surface area contributed by atoms with E-state index in [1.807, 2.05) is 0 Å². The summed E-state index contributed by atoms with van der Waals surface area (Å²) < 4.78 is 39.0. The van der Waals surface area contributed by atoms with Crippen LogP contribution in [0, 0.1) is 5.82 Å². The van der Waals surface area contributed by atoms with Crippen molar-refractivity contribution >= 4 is 48.5 Å². The van der Waals surface area contributed by atoms with Crippen molar-refractivity contribution in [1.29, 1.82) is 0 Å². The molecule has 0 aliphatic heterocycles. The third-order valence-corrected chi connectivity index (χ3v) is 5.24. The van der Waals surface area contributed by atoms with Gasteiger partial charge < -0.3 is 0 Å². The third kappa shape index (κ3) is 3.37. The van der Waals surface area contributed by atoms with Crippen LogP contribution in [-0.4, -0.2) is 31.0 Å². The first-order chi connectivity index (χ1) is 7.37. The molecule has 0 aromatic heterocycles. The topological polar surface area (TPSA) is 46.2 Å². The molecule has 1 aromatic carbocycles. The van der Waals surface area contributed by atoms with Crippen LogP contribution < -0.4 is 9.07 Å². The SMILES string of the molecule is CCCS(=O)(=O)Nc1ccc(Cl)c([AsH2])c1F. The predicted molar refractivity (Wildman–Crippen MR) is 67.3 cm³/mol. The fraction of sp³-hybridized carbons (Fsp3) is 0.333. The summed E-state index contributed by atoms with van der Waals surface area (Å²) in [6, 6.07) is 2.81. The van der Waals surface area contributed by atoms with Gasteiger partial charge in [0.1, 0.15) is 0 Å². The van der Waals surface area contributed by atoms with Crippen LogP contribution in [0.3, 0.4) is 0 Å². The molecule has 1 aromatic rings. The Bertz CT molecular complexity index is 493. The molecule has 0 spiro atoms. The van der Waals surface area contributed by atoms with E-state index in [1.165, 1.54) is 12.1 Å². The minimum atomic E-state index is -3.46. The van der Waals surface area contributed by atoms with E-state index < -0.39 is 15.8 Å². The molecular formula is C9H12AsClFNO2S. The standard InChI is InChI=1S/C9H12AsClFNO2S/c1-2-5-16(14,15)13-7-4-3-6(11)8(10)9(7)12/h3-4,13H,2,5,10H2,1H3. The van der Waals surface area contributed by atoms with Crippen molar-refractivity contribution in [3.05, 3.63) is 23.0 Å². The van der Waals surface area contributed by atoms with Gasteiger partial charge in [0.05, 0.1) is 0 Å². The van der Waals surface area contributed by atoms with Gasteiger partial charge in [0, 0.05) is 0 Å². The van der Waals surface area contributed by atoms with E-state index in [2.05, 4.69) is 4.72 Å². The molecule has 0 amide bonds. The average Bonchev–Trinajstić information content (AvgIpc) is 2.19. The Balaban J connectivity index is 3.04. The zero-order valence-electron chi connectivity index (χ0n) is 8.63. The molecule has 0 aliphatic carbocycles. The molecule has 90 valence electrons. The van der Waals surface area contributed by atoms with Gasteiger partial charge in [0.25, 0.3) is 0 Å². The maximum atomic E-state index is 13.6. The normalized spacial score (nSPS) is 11.5. The third-order valence-electron chi connectivity index (χ3n) is 1.86. The Hall–Kier alpha value is -0.252. The van der Waals surface area contributed by atoms with Crippen molar-refractivity contribution < 1.29 is 12.8 Å².